The van der Waals surface area contributed by atoms with Crippen molar-refractivity contribution in [1.82, 2.24) is 10.1 Å². The number of aromatic nitrogens is 1. The molecule has 86 valence electrons. The predicted octanol–water partition coefficient (Wildman–Crippen LogP) is 0.498. The number of piperidine rings is 1. The number of nitrogens with zero attached hydrogens (tertiary/aromatic N) is 2. The second kappa shape index (κ2) is 4.34. The van der Waals surface area contributed by atoms with E-state index in [4.69, 9.17) is 9.63 Å². The third-order valence-electron chi connectivity index (χ3n) is 2.69. The minimum absolute atomic E-state index is 0.0334. The van der Waals surface area contributed by atoms with Gasteiger partial charge in [0.15, 0.2) is 5.76 Å². The topological polar surface area (TPSA) is 83.6 Å². The van der Waals surface area contributed by atoms with E-state index in [0.717, 1.165) is 0 Å². The number of amides is 1. The van der Waals surface area contributed by atoms with Gasteiger partial charge in [0.05, 0.1) is 18.7 Å². The molecule has 0 aromatic carbocycles. The first kappa shape index (κ1) is 10.7. The number of hydrogen-bond donors (Lipinski definition) is 1. The highest BCUT2D eigenvalue weighted by Gasteiger charge is 2.30. The van der Waals surface area contributed by atoms with Gasteiger partial charge in [-0.05, 0) is 6.42 Å². The lowest BCUT2D eigenvalue weighted by atomic mass is 9.98. The molecule has 2 heterocycles. The Morgan fingerprint density at radius 3 is 3.12 bits per heavy atom. The van der Waals surface area contributed by atoms with Crippen molar-refractivity contribution in [1.29, 1.82) is 0 Å². The zero-order valence-electron chi connectivity index (χ0n) is 8.63. The van der Waals surface area contributed by atoms with Crippen molar-refractivity contribution in [3.05, 3.63) is 18.0 Å². The summed E-state index contributed by atoms with van der Waals surface area (Å²) in [5.74, 6) is -0.788. The SMILES string of the molecule is O=C(O)C1CCC(=O)N(Cc2ccno2)C1. The molecule has 1 aromatic heterocycles. The van der Waals surface area contributed by atoms with E-state index >= 15 is 0 Å². The van der Waals surface area contributed by atoms with Crippen LogP contribution < -0.4 is 0 Å². The summed E-state index contributed by atoms with van der Waals surface area (Å²) in [4.78, 5) is 23.9. The maximum absolute atomic E-state index is 11.6. The lowest BCUT2D eigenvalue weighted by Gasteiger charge is -2.29. The second-order valence-corrected chi connectivity index (χ2v) is 3.83. The molecule has 6 nitrogen and oxygen atoms in total. The van der Waals surface area contributed by atoms with E-state index in [1.165, 1.54) is 11.1 Å². The summed E-state index contributed by atoms with van der Waals surface area (Å²) in [6.07, 6.45) is 2.20. The van der Waals surface area contributed by atoms with Crippen LogP contribution in [0.3, 0.4) is 0 Å². The number of carboxylic acid groups (broad SMARTS) is 1. The number of aliphatic carboxylic acids is 1. The average Bonchev–Trinajstić information content (AvgIpc) is 2.73. The molecule has 1 atom stereocenters. The van der Waals surface area contributed by atoms with Gasteiger partial charge in [0, 0.05) is 19.0 Å². The van der Waals surface area contributed by atoms with Crippen molar-refractivity contribution in [2.24, 2.45) is 5.92 Å². The first-order valence-electron chi connectivity index (χ1n) is 5.07. The van der Waals surface area contributed by atoms with Gasteiger partial charge in [0.1, 0.15) is 0 Å². The third kappa shape index (κ3) is 2.21. The van der Waals surface area contributed by atoms with Crippen LogP contribution in [0.25, 0.3) is 0 Å². The van der Waals surface area contributed by atoms with Gasteiger partial charge in [-0.1, -0.05) is 5.16 Å². The number of carbonyl (C=O) groups excluding carboxylic acids is 1. The minimum Gasteiger partial charge on any atom is -0.481 e. The van der Waals surface area contributed by atoms with Crippen LogP contribution in [0.5, 0.6) is 0 Å². The molecule has 2 rings (SSSR count). The van der Waals surface area contributed by atoms with Crippen molar-refractivity contribution in [3.63, 3.8) is 0 Å². The lowest BCUT2D eigenvalue weighted by molar-refractivity contribution is -0.147. The second-order valence-electron chi connectivity index (χ2n) is 3.83. The predicted molar refractivity (Wildman–Crippen MR) is 52.3 cm³/mol. The fourth-order valence-corrected chi connectivity index (χ4v) is 1.78. The summed E-state index contributed by atoms with van der Waals surface area (Å²) >= 11 is 0. The molecule has 0 radical (unpaired) electrons. The van der Waals surface area contributed by atoms with Crippen molar-refractivity contribution >= 4 is 11.9 Å². The van der Waals surface area contributed by atoms with E-state index in [0.29, 0.717) is 18.7 Å². The van der Waals surface area contributed by atoms with E-state index in [2.05, 4.69) is 5.16 Å². The molecule has 0 bridgehead atoms. The first-order chi connectivity index (χ1) is 7.66. The van der Waals surface area contributed by atoms with Crippen molar-refractivity contribution in [2.45, 2.75) is 19.4 Å². The number of carbonyl (C=O) groups is 2. The summed E-state index contributed by atoms with van der Waals surface area (Å²) in [6, 6.07) is 1.66. The summed E-state index contributed by atoms with van der Waals surface area (Å²) in [7, 11) is 0. The van der Waals surface area contributed by atoms with Crippen LogP contribution >= 0.6 is 0 Å². The molecular formula is C10H12N2O4. The third-order valence-corrected chi connectivity index (χ3v) is 2.69. The fraction of sp³-hybridized carbons (Fsp3) is 0.500. The van der Waals surface area contributed by atoms with Crippen LogP contribution in [-0.2, 0) is 16.1 Å². The largest absolute Gasteiger partial charge is 0.481 e. The van der Waals surface area contributed by atoms with Crippen molar-refractivity contribution < 1.29 is 19.2 Å². The van der Waals surface area contributed by atoms with Crippen LogP contribution in [0.15, 0.2) is 16.8 Å². The van der Waals surface area contributed by atoms with Gasteiger partial charge in [-0.3, -0.25) is 9.59 Å². The molecule has 1 N–H and O–H groups in total. The molecule has 1 amide bonds. The average molecular weight is 224 g/mol. The monoisotopic (exact) mass is 224 g/mol. The minimum atomic E-state index is -0.852. The summed E-state index contributed by atoms with van der Waals surface area (Å²) in [5, 5.41) is 12.4. The Morgan fingerprint density at radius 2 is 2.50 bits per heavy atom. The Kier molecular flexibility index (Phi) is 2.89. The molecule has 16 heavy (non-hydrogen) atoms. The van der Waals surface area contributed by atoms with Gasteiger partial charge in [-0.15, -0.1) is 0 Å². The van der Waals surface area contributed by atoms with Crippen LogP contribution in [0.4, 0.5) is 0 Å². The molecule has 6 heteroatoms. The van der Waals surface area contributed by atoms with E-state index in [-0.39, 0.29) is 18.9 Å². The van der Waals surface area contributed by atoms with Gasteiger partial charge in [-0.25, -0.2) is 0 Å². The van der Waals surface area contributed by atoms with Crippen molar-refractivity contribution in [2.75, 3.05) is 6.54 Å². The summed E-state index contributed by atoms with van der Waals surface area (Å²) < 4.78 is 4.89. The molecule has 0 saturated carbocycles. The maximum atomic E-state index is 11.6. The zero-order valence-corrected chi connectivity index (χ0v) is 8.63. The first-order valence-corrected chi connectivity index (χ1v) is 5.07. The highest BCUT2D eigenvalue weighted by molar-refractivity contribution is 5.80. The quantitative estimate of drug-likeness (QED) is 0.808. The van der Waals surface area contributed by atoms with E-state index in [1.54, 1.807) is 6.07 Å². The molecule has 1 aromatic rings. The van der Waals surface area contributed by atoms with Gasteiger partial charge in [0.2, 0.25) is 5.91 Å². The van der Waals surface area contributed by atoms with Crippen LogP contribution in [0.2, 0.25) is 0 Å². The molecule has 1 unspecified atom stereocenters. The Morgan fingerprint density at radius 1 is 1.69 bits per heavy atom. The van der Waals surface area contributed by atoms with Gasteiger partial charge < -0.3 is 14.5 Å². The highest BCUT2D eigenvalue weighted by Crippen LogP contribution is 2.19. The Labute approximate surface area is 91.8 Å². The molecular weight excluding hydrogens is 212 g/mol. The standard InChI is InChI=1S/C10H12N2O4/c13-9-2-1-7(10(14)15)5-12(9)6-8-3-4-11-16-8/h3-4,7H,1-2,5-6H2,(H,14,15). The summed E-state index contributed by atoms with van der Waals surface area (Å²) in [5.41, 5.74) is 0. The number of carboxylic acids is 1. The smallest absolute Gasteiger partial charge is 0.308 e. The van der Waals surface area contributed by atoms with E-state index < -0.39 is 11.9 Å². The summed E-state index contributed by atoms with van der Waals surface area (Å²) in [6.45, 7) is 0.539. The van der Waals surface area contributed by atoms with Crippen molar-refractivity contribution in [3.8, 4) is 0 Å². The van der Waals surface area contributed by atoms with Gasteiger partial charge in [-0.2, -0.15) is 0 Å². The maximum Gasteiger partial charge on any atom is 0.308 e. The van der Waals surface area contributed by atoms with Gasteiger partial charge in [0.25, 0.3) is 0 Å². The molecule has 0 aliphatic carbocycles. The van der Waals surface area contributed by atoms with E-state index in [1.807, 2.05) is 0 Å². The molecule has 1 aliphatic heterocycles. The Balaban J connectivity index is 2.01. The molecule has 0 spiro atoms. The Bertz CT molecular complexity index is 388. The molecule has 1 saturated heterocycles. The molecule has 1 aliphatic rings. The lowest BCUT2D eigenvalue weighted by Crippen LogP contribution is -2.41. The number of likely N-dealkylation sites (tertiary alicyclic amines) is 1. The zero-order chi connectivity index (χ0) is 11.5. The van der Waals surface area contributed by atoms with Gasteiger partial charge >= 0.3 is 5.97 Å². The molecule has 1 fully saturated rings. The van der Waals surface area contributed by atoms with Crippen LogP contribution in [-0.4, -0.2) is 33.6 Å². The van der Waals surface area contributed by atoms with Crippen LogP contribution in [0, 0.1) is 5.92 Å². The Hall–Kier alpha value is -1.85. The number of rotatable bonds is 3. The normalized spacial score (nSPS) is 21.1. The fourth-order valence-electron chi connectivity index (χ4n) is 1.78. The van der Waals surface area contributed by atoms with Crippen LogP contribution in [0.1, 0.15) is 18.6 Å². The number of hydrogen-bond acceptors (Lipinski definition) is 4. The van der Waals surface area contributed by atoms with E-state index in [9.17, 15) is 9.59 Å². The highest BCUT2D eigenvalue weighted by atomic mass is 16.5.